The van der Waals surface area contributed by atoms with E-state index in [0.29, 0.717) is 25.6 Å². The maximum absolute atomic E-state index is 14.1. The monoisotopic (exact) mass is 390 g/mol. The van der Waals surface area contributed by atoms with E-state index >= 15 is 0 Å². The quantitative estimate of drug-likeness (QED) is 0.719. The molecule has 0 N–H and O–H groups in total. The standard InChI is InChI=1S/C21H27FN2O2S/c1-16(2)11-24(21(25)19-5-3-4-6-20(19)22)14-18-13-23(8-9-26-18)12-17-7-10-27-15-17/h3-7,10,15-16,18H,8-9,11-14H2,1-2H3. The molecule has 2 aromatic rings. The third-order valence-electron chi connectivity index (χ3n) is 4.61. The van der Waals surface area contributed by atoms with E-state index in [4.69, 9.17) is 4.74 Å². The van der Waals surface area contributed by atoms with Crippen LogP contribution in [0.25, 0.3) is 0 Å². The van der Waals surface area contributed by atoms with Crippen LogP contribution in [0.4, 0.5) is 4.39 Å². The molecular formula is C21H27FN2O2S. The minimum Gasteiger partial charge on any atom is -0.374 e. The first-order chi connectivity index (χ1) is 13.0. The molecule has 0 saturated carbocycles. The molecule has 0 radical (unpaired) electrons. The first-order valence-electron chi connectivity index (χ1n) is 9.41. The fourth-order valence-electron chi connectivity index (χ4n) is 3.41. The Labute approximate surface area is 164 Å². The van der Waals surface area contributed by atoms with Crippen molar-refractivity contribution in [3.05, 3.63) is 58.0 Å². The Balaban J connectivity index is 1.66. The van der Waals surface area contributed by atoms with Crippen LogP contribution in [-0.4, -0.2) is 54.6 Å². The topological polar surface area (TPSA) is 32.8 Å². The molecule has 1 amide bonds. The molecular weight excluding hydrogens is 363 g/mol. The second-order valence-corrected chi connectivity index (χ2v) is 8.22. The van der Waals surface area contributed by atoms with Crippen LogP contribution >= 0.6 is 11.3 Å². The third kappa shape index (κ3) is 5.61. The second-order valence-electron chi connectivity index (χ2n) is 7.44. The first kappa shape index (κ1) is 20.0. The van der Waals surface area contributed by atoms with Gasteiger partial charge in [0.2, 0.25) is 0 Å². The van der Waals surface area contributed by atoms with Gasteiger partial charge in [0.15, 0.2) is 0 Å². The third-order valence-corrected chi connectivity index (χ3v) is 5.34. The van der Waals surface area contributed by atoms with Gasteiger partial charge in [-0.2, -0.15) is 11.3 Å². The van der Waals surface area contributed by atoms with E-state index in [-0.39, 0.29) is 17.6 Å². The summed E-state index contributed by atoms with van der Waals surface area (Å²) in [6.45, 7) is 8.39. The summed E-state index contributed by atoms with van der Waals surface area (Å²) >= 11 is 1.70. The molecule has 1 aromatic carbocycles. The molecule has 1 aliphatic heterocycles. The lowest BCUT2D eigenvalue weighted by atomic mass is 10.1. The minimum absolute atomic E-state index is 0.0631. The van der Waals surface area contributed by atoms with Crippen LogP contribution in [0.5, 0.6) is 0 Å². The predicted molar refractivity (Wildman–Crippen MR) is 106 cm³/mol. The number of ether oxygens (including phenoxy) is 1. The highest BCUT2D eigenvalue weighted by atomic mass is 32.1. The molecule has 6 heteroatoms. The number of benzene rings is 1. The van der Waals surface area contributed by atoms with Gasteiger partial charge < -0.3 is 9.64 Å². The van der Waals surface area contributed by atoms with E-state index in [1.807, 2.05) is 0 Å². The van der Waals surface area contributed by atoms with Crippen molar-refractivity contribution in [2.75, 3.05) is 32.8 Å². The lowest BCUT2D eigenvalue weighted by Gasteiger charge is -2.36. The maximum atomic E-state index is 14.1. The van der Waals surface area contributed by atoms with Gasteiger partial charge in [0.25, 0.3) is 5.91 Å². The Morgan fingerprint density at radius 2 is 2.19 bits per heavy atom. The lowest BCUT2D eigenvalue weighted by molar-refractivity contribution is -0.0438. The molecule has 2 heterocycles. The van der Waals surface area contributed by atoms with Gasteiger partial charge in [-0.05, 0) is 40.4 Å². The molecule has 1 aromatic heterocycles. The fraction of sp³-hybridized carbons (Fsp3) is 0.476. The van der Waals surface area contributed by atoms with Gasteiger partial charge in [-0.3, -0.25) is 9.69 Å². The number of amides is 1. The van der Waals surface area contributed by atoms with Crippen LogP contribution in [0.1, 0.15) is 29.8 Å². The van der Waals surface area contributed by atoms with Crippen molar-refractivity contribution in [2.24, 2.45) is 5.92 Å². The fourth-order valence-corrected chi connectivity index (χ4v) is 4.07. The van der Waals surface area contributed by atoms with Gasteiger partial charge in [0.1, 0.15) is 5.82 Å². The maximum Gasteiger partial charge on any atom is 0.256 e. The normalized spacial score (nSPS) is 18.0. The number of carbonyl (C=O) groups is 1. The SMILES string of the molecule is CC(C)CN(CC1CN(Cc2ccsc2)CCO1)C(=O)c1ccccc1F. The highest BCUT2D eigenvalue weighted by Gasteiger charge is 2.27. The summed E-state index contributed by atoms with van der Waals surface area (Å²) in [5, 5.41) is 4.25. The second kappa shape index (κ2) is 9.44. The average Bonchev–Trinajstić information content (AvgIpc) is 3.14. The van der Waals surface area contributed by atoms with Crippen molar-refractivity contribution in [3.8, 4) is 0 Å². The van der Waals surface area contributed by atoms with Crippen LogP contribution in [0, 0.1) is 11.7 Å². The van der Waals surface area contributed by atoms with Crippen molar-refractivity contribution in [1.29, 1.82) is 0 Å². The minimum atomic E-state index is -0.472. The van der Waals surface area contributed by atoms with Crippen molar-refractivity contribution in [1.82, 2.24) is 9.80 Å². The van der Waals surface area contributed by atoms with E-state index in [0.717, 1.165) is 19.6 Å². The Kier molecular flexibility index (Phi) is 6.99. The smallest absolute Gasteiger partial charge is 0.256 e. The van der Waals surface area contributed by atoms with E-state index < -0.39 is 5.82 Å². The Morgan fingerprint density at radius 3 is 2.89 bits per heavy atom. The summed E-state index contributed by atoms with van der Waals surface area (Å²) in [5.41, 5.74) is 1.44. The van der Waals surface area contributed by atoms with Crippen molar-refractivity contribution in [3.63, 3.8) is 0 Å². The van der Waals surface area contributed by atoms with Crippen molar-refractivity contribution >= 4 is 17.2 Å². The number of thiophene rings is 1. The summed E-state index contributed by atoms with van der Waals surface area (Å²) in [5.74, 6) is -0.438. The van der Waals surface area contributed by atoms with Gasteiger partial charge in [0, 0.05) is 32.7 Å². The van der Waals surface area contributed by atoms with E-state index in [1.165, 1.54) is 11.6 Å². The summed E-state index contributed by atoms with van der Waals surface area (Å²) in [4.78, 5) is 17.0. The highest BCUT2D eigenvalue weighted by Crippen LogP contribution is 2.17. The summed E-state index contributed by atoms with van der Waals surface area (Å²) in [6.07, 6.45) is -0.0631. The summed E-state index contributed by atoms with van der Waals surface area (Å²) in [7, 11) is 0. The lowest BCUT2D eigenvalue weighted by Crippen LogP contribution is -2.49. The van der Waals surface area contributed by atoms with Crippen LogP contribution < -0.4 is 0 Å². The number of morpholine rings is 1. The van der Waals surface area contributed by atoms with Crippen LogP contribution in [0.3, 0.4) is 0 Å². The Bertz CT molecular complexity index is 736. The van der Waals surface area contributed by atoms with Gasteiger partial charge in [-0.25, -0.2) is 4.39 Å². The highest BCUT2D eigenvalue weighted by molar-refractivity contribution is 7.07. The van der Waals surface area contributed by atoms with Crippen molar-refractivity contribution in [2.45, 2.75) is 26.5 Å². The molecule has 0 aliphatic carbocycles. The van der Waals surface area contributed by atoms with E-state index in [9.17, 15) is 9.18 Å². The number of hydrogen-bond donors (Lipinski definition) is 0. The van der Waals surface area contributed by atoms with Gasteiger partial charge in [-0.1, -0.05) is 26.0 Å². The zero-order valence-corrected chi connectivity index (χ0v) is 16.8. The predicted octanol–water partition coefficient (Wildman–Crippen LogP) is 3.89. The van der Waals surface area contributed by atoms with E-state index in [2.05, 4.69) is 35.6 Å². The first-order valence-corrected chi connectivity index (χ1v) is 10.4. The van der Waals surface area contributed by atoms with Gasteiger partial charge >= 0.3 is 0 Å². The van der Waals surface area contributed by atoms with Crippen molar-refractivity contribution < 1.29 is 13.9 Å². The zero-order chi connectivity index (χ0) is 19.2. The molecule has 1 atom stereocenters. The molecule has 3 rings (SSSR count). The summed E-state index contributed by atoms with van der Waals surface area (Å²) in [6, 6.07) is 8.33. The molecule has 4 nitrogen and oxygen atoms in total. The number of carbonyl (C=O) groups excluding carboxylic acids is 1. The number of halogens is 1. The van der Waals surface area contributed by atoms with Crippen LogP contribution in [0.15, 0.2) is 41.1 Å². The number of hydrogen-bond acceptors (Lipinski definition) is 4. The van der Waals surface area contributed by atoms with Gasteiger partial charge in [-0.15, -0.1) is 0 Å². The summed E-state index contributed by atoms with van der Waals surface area (Å²) < 4.78 is 20.0. The molecule has 1 aliphatic rings. The molecule has 1 fully saturated rings. The zero-order valence-electron chi connectivity index (χ0n) is 15.9. The molecule has 0 spiro atoms. The number of nitrogens with zero attached hydrogens (tertiary/aromatic N) is 2. The molecule has 1 saturated heterocycles. The van der Waals surface area contributed by atoms with Crippen LogP contribution in [-0.2, 0) is 11.3 Å². The Hall–Kier alpha value is -1.76. The molecule has 146 valence electrons. The largest absolute Gasteiger partial charge is 0.374 e. The molecule has 1 unspecified atom stereocenters. The average molecular weight is 391 g/mol. The Morgan fingerprint density at radius 1 is 1.37 bits per heavy atom. The van der Waals surface area contributed by atoms with Gasteiger partial charge in [0.05, 0.1) is 18.3 Å². The van der Waals surface area contributed by atoms with Crippen LogP contribution in [0.2, 0.25) is 0 Å². The number of rotatable bonds is 7. The molecule has 27 heavy (non-hydrogen) atoms. The van der Waals surface area contributed by atoms with E-state index in [1.54, 1.807) is 34.4 Å². The molecule has 0 bridgehead atoms.